The van der Waals surface area contributed by atoms with Crippen LogP contribution in [0.4, 0.5) is 10.2 Å². The zero-order chi connectivity index (χ0) is 17.8. The predicted molar refractivity (Wildman–Crippen MR) is 96.9 cm³/mol. The van der Waals surface area contributed by atoms with E-state index in [2.05, 4.69) is 15.2 Å². The average molecular weight is 341 g/mol. The molecule has 1 aliphatic heterocycles. The van der Waals surface area contributed by atoms with Crippen LogP contribution in [0.1, 0.15) is 30.0 Å². The Bertz CT molecular complexity index is 745. The number of benzene rings is 1. The van der Waals surface area contributed by atoms with Crippen molar-refractivity contribution in [2.24, 2.45) is 5.92 Å². The highest BCUT2D eigenvalue weighted by Crippen LogP contribution is 2.25. The number of pyridine rings is 1. The Balaban J connectivity index is 1.56. The molecule has 4 nitrogen and oxygen atoms in total. The van der Waals surface area contributed by atoms with Gasteiger partial charge in [-0.15, -0.1) is 0 Å². The van der Waals surface area contributed by atoms with Crippen molar-refractivity contribution in [3.63, 3.8) is 0 Å². The molecule has 1 aromatic carbocycles. The van der Waals surface area contributed by atoms with Crippen LogP contribution >= 0.6 is 0 Å². The number of anilines is 1. The number of amides is 1. The van der Waals surface area contributed by atoms with Crippen LogP contribution in [0.3, 0.4) is 0 Å². The molecule has 2 aromatic rings. The van der Waals surface area contributed by atoms with Crippen LogP contribution < -0.4 is 10.2 Å². The van der Waals surface area contributed by atoms with Gasteiger partial charge in [-0.2, -0.15) is 0 Å². The van der Waals surface area contributed by atoms with E-state index in [1.165, 1.54) is 6.92 Å². The summed E-state index contributed by atoms with van der Waals surface area (Å²) in [7, 11) is 0. The molecule has 1 aliphatic rings. The number of halogens is 1. The molecule has 0 aliphatic carbocycles. The molecule has 1 unspecified atom stereocenters. The molecule has 0 spiro atoms. The fourth-order valence-electron chi connectivity index (χ4n) is 3.24. The van der Waals surface area contributed by atoms with Gasteiger partial charge in [0.2, 0.25) is 5.91 Å². The normalized spacial score (nSPS) is 16.9. The summed E-state index contributed by atoms with van der Waals surface area (Å²) < 4.78 is 13.7. The monoisotopic (exact) mass is 341 g/mol. The summed E-state index contributed by atoms with van der Waals surface area (Å²) in [6, 6.07) is 9.54. The summed E-state index contributed by atoms with van der Waals surface area (Å²) in [5.74, 6) is 1.31. The summed E-state index contributed by atoms with van der Waals surface area (Å²) in [5.41, 5.74) is 2.75. The number of aryl methyl sites for hydroxylation is 1. The van der Waals surface area contributed by atoms with Gasteiger partial charge in [-0.1, -0.05) is 18.2 Å². The minimum absolute atomic E-state index is 0.0426. The third-order valence-electron chi connectivity index (χ3n) is 4.72. The first-order chi connectivity index (χ1) is 12.0. The van der Waals surface area contributed by atoms with Gasteiger partial charge < -0.3 is 10.2 Å². The minimum atomic E-state index is -0.122. The van der Waals surface area contributed by atoms with Crippen LogP contribution in [0.15, 0.2) is 36.5 Å². The van der Waals surface area contributed by atoms with Crippen LogP contribution in [0.2, 0.25) is 0 Å². The van der Waals surface area contributed by atoms with Crippen molar-refractivity contribution in [2.75, 3.05) is 18.0 Å². The molecule has 0 bridgehead atoms. The molecule has 1 atom stereocenters. The minimum Gasteiger partial charge on any atom is -0.356 e. The first-order valence-electron chi connectivity index (χ1n) is 8.70. The van der Waals surface area contributed by atoms with Crippen molar-refractivity contribution in [3.05, 3.63) is 59.0 Å². The quantitative estimate of drug-likeness (QED) is 0.908. The predicted octanol–water partition coefficient (Wildman–Crippen LogP) is 3.23. The van der Waals surface area contributed by atoms with Crippen LogP contribution in [-0.2, 0) is 17.8 Å². The molecule has 0 saturated carbocycles. The van der Waals surface area contributed by atoms with Crippen molar-refractivity contribution in [1.82, 2.24) is 10.3 Å². The number of hydrogen-bond donors (Lipinski definition) is 1. The van der Waals surface area contributed by atoms with E-state index in [0.29, 0.717) is 18.0 Å². The van der Waals surface area contributed by atoms with E-state index in [1.807, 2.05) is 30.5 Å². The van der Waals surface area contributed by atoms with Crippen molar-refractivity contribution in [1.29, 1.82) is 0 Å². The molecule has 5 heteroatoms. The molecule has 3 rings (SSSR count). The smallest absolute Gasteiger partial charge is 0.217 e. The molecule has 25 heavy (non-hydrogen) atoms. The molecule has 1 fully saturated rings. The fourth-order valence-corrected chi connectivity index (χ4v) is 3.24. The number of aromatic nitrogens is 1. The van der Waals surface area contributed by atoms with Crippen molar-refractivity contribution in [2.45, 2.75) is 33.2 Å². The highest BCUT2D eigenvalue weighted by molar-refractivity contribution is 5.72. The maximum Gasteiger partial charge on any atom is 0.217 e. The second kappa shape index (κ2) is 7.64. The van der Waals surface area contributed by atoms with Gasteiger partial charge in [0, 0.05) is 32.8 Å². The Kier molecular flexibility index (Phi) is 5.31. The van der Waals surface area contributed by atoms with Gasteiger partial charge in [-0.05, 0) is 54.5 Å². The van der Waals surface area contributed by atoms with Crippen LogP contribution in [0, 0.1) is 18.7 Å². The van der Waals surface area contributed by atoms with E-state index in [4.69, 9.17) is 0 Å². The number of hydrogen-bond acceptors (Lipinski definition) is 3. The van der Waals surface area contributed by atoms with Crippen molar-refractivity contribution < 1.29 is 9.18 Å². The van der Waals surface area contributed by atoms with E-state index in [0.717, 1.165) is 42.9 Å². The van der Waals surface area contributed by atoms with Crippen LogP contribution in [-0.4, -0.2) is 24.0 Å². The maximum atomic E-state index is 13.7. The van der Waals surface area contributed by atoms with E-state index >= 15 is 0 Å². The van der Waals surface area contributed by atoms with Gasteiger partial charge in [-0.3, -0.25) is 4.79 Å². The lowest BCUT2D eigenvalue weighted by atomic mass is 9.98. The van der Waals surface area contributed by atoms with Gasteiger partial charge in [0.15, 0.2) is 0 Å². The second-order valence-electron chi connectivity index (χ2n) is 6.82. The third kappa shape index (κ3) is 4.56. The lowest BCUT2D eigenvalue weighted by Crippen LogP contribution is -2.22. The van der Waals surface area contributed by atoms with E-state index in [-0.39, 0.29) is 11.7 Å². The standard InChI is InChI=1S/C20H24FN3O/c1-14-3-4-16(10-19(14)21)9-17-7-8-24(13-17)20-6-5-18(12-23-20)11-22-15(2)25/h3-6,10,12,17H,7-9,11,13H2,1-2H3,(H,22,25). The van der Waals surface area contributed by atoms with E-state index < -0.39 is 0 Å². The average Bonchev–Trinajstić information content (AvgIpc) is 3.05. The second-order valence-corrected chi connectivity index (χ2v) is 6.82. The number of nitrogens with one attached hydrogen (secondary N) is 1. The van der Waals surface area contributed by atoms with E-state index in [1.54, 1.807) is 13.0 Å². The highest BCUT2D eigenvalue weighted by atomic mass is 19.1. The lowest BCUT2D eigenvalue weighted by Gasteiger charge is -2.18. The first-order valence-corrected chi connectivity index (χ1v) is 8.70. The largest absolute Gasteiger partial charge is 0.356 e. The van der Waals surface area contributed by atoms with Crippen LogP contribution in [0.25, 0.3) is 0 Å². The Morgan fingerprint density at radius 1 is 1.32 bits per heavy atom. The molecule has 2 heterocycles. The summed E-state index contributed by atoms with van der Waals surface area (Å²) >= 11 is 0. The van der Waals surface area contributed by atoms with Gasteiger partial charge in [0.05, 0.1) is 0 Å². The van der Waals surface area contributed by atoms with Gasteiger partial charge in [0.1, 0.15) is 11.6 Å². The Hall–Kier alpha value is -2.43. The molecule has 132 valence electrons. The van der Waals surface area contributed by atoms with E-state index in [9.17, 15) is 9.18 Å². The number of carbonyl (C=O) groups excluding carboxylic acids is 1. The van der Waals surface area contributed by atoms with Crippen LogP contribution in [0.5, 0.6) is 0 Å². The topological polar surface area (TPSA) is 45.2 Å². The fraction of sp³-hybridized carbons (Fsp3) is 0.400. The summed E-state index contributed by atoms with van der Waals surface area (Å²) in [4.78, 5) is 17.8. The number of rotatable bonds is 5. The molecule has 1 aromatic heterocycles. The molecular weight excluding hydrogens is 317 g/mol. The lowest BCUT2D eigenvalue weighted by molar-refractivity contribution is -0.119. The van der Waals surface area contributed by atoms with Gasteiger partial charge >= 0.3 is 0 Å². The third-order valence-corrected chi connectivity index (χ3v) is 4.72. The summed E-state index contributed by atoms with van der Waals surface area (Å²) in [6.45, 7) is 5.71. The number of nitrogens with zero attached hydrogens (tertiary/aromatic N) is 2. The molecular formula is C20H24FN3O. The maximum absolute atomic E-state index is 13.7. The Morgan fingerprint density at radius 3 is 2.80 bits per heavy atom. The van der Waals surface area contributed by atoms with Gasteiger partial charge in [0.25, 0.3) is 0 Å². The number of carbonyl (C=O) groups is 1. The highest BCUT2D eigenvalue weighted by Gasteiger charge is 2.23. The van der Waals surface area contributed by atoms with Crippen molar-refractivity contribution >= 4 is 11.7 Å². The Morgan fingerprint density at radius 2 is 2.12 bits per heavy atom. The first kappa shape index (κ1) is 17.4. The van der Waals surface area contributed by atoms with Gasteiger partial charge in [-0.25, -0.2) is 9.37 Å². The molecule has 1 amide bonds. The van der Waals surface area contributed by atoms with Crippen molar-refractivity contribution in [3.8, 4) is 0 Å². The zero-order valence-corrected chi connectivity index (χ0v) is 14.8. The molecule has 1 N–H and O–H groups in total. The molecule has 1 saturated heterocycles. The summed E-state index contributed by atoms with van der Waals surface area (Å²) in [6.07, 6.45) is 3.80. The SMILES string of the molecule is CC(=O)NCc1ccc(N2CCC(Cc3ccc(C)c(F)c3)C2)nc1. The zero-order valence-electron chi connectivity index (χ0n) is 14.8. The summed E-state index contributed by atoms with van der Waals surface area (Å²) in [5, 5.41) is 2.77. The Labute approximate surface area is 148 Å². The molecule has 0 radical (unpaired) electrons.